The Balaban J connectivity index is 1.81. The number of ether oxygens (including phenoxy) is 2. The van der Waals surface area contributed by atoms with Crippen LogP contribution in [0.15, 0.2) is 47.5 Å². The van der Waals surface area contributed by atoms with E-state index in [9.17, 15) is 19.2 Å². The molecule has 4 aromatic rings. The molecule has 0 aliphatic carbocycles. The Morgan fingerprint density at radius 2 is 1.88 bits per heavy atom. The second-order valence-corrected chi connectivity index (χ2v) is 9.87. The Morgan fingerprint density at radius 3 is 2.48 bits per heavy atom. The van der Waals surface area contributed by atoms with Gasteiger partial charge in [-0.1, -0.05) is 17.7 Å². The summed E-state index contributed by atoms with van der Waals surface area (Å²) in [7, 11) is 4.45. The van der Waals surface area contributed by atoms with Gasteiger partial charge in [-0.05, 0) is 43.7 Å². The molecule has 204 valence electrons. The van der Waals surface area contributed by atoms with Crippen molar-refractivity contribution in [1.82, 2.24) is 19.1 Å². The summed E-state index contributed by atoms with van der Waals surface area (Å²) in [6.07, 6.45) is 3.06. The summed E-state index contributed by atoms with van der Waals surface area (Å²) in [4.78, 5) is 36.4. The van der Waals surface area contributed by atoms with Crippen LogP contribution in [-0.4, -0.2) is 39.2 Å². The maximum Gasteiger partial charge on any atom is 0.319 e. The van der Waals surface area contributed by atoms with E-state index in [-0.39, 0.29) is 34.4 Å². The minimum absolute atomic E-state index is 0.0679. The first-order valence-corrected chi connectivity index (χ1v) is 12.6. The van der Waals surface area contributed by atoms with Gasteiger partial charge in [0.2, 0.25) is 5.88 Å². The zero-order chi connectivity index (χ0) is 28.9. The van der Waals surface area contributed by atoms with Gasteiger partial charge in [0.05, 0.1) is 48.0 Å². The minimum Gasteiger partial charge on any atom is -0.480 e. The van der Waals surface area contributed by atoms with Crippen LogP contribution in [0, 0.1) is 17.1 Å². The maximum absolute atomic E-state index is 14.9. The lowest BCUT2D eigenvalue weighted by Gasteiger charge is -2.29. The number of nitrogens with zero attached hydrogens (tertiary/aromatic N) is 6. The first-order chi connectivity index (χ1) is 19.1. The number of anilines is 1. The lowest BCUT2D eigenvalue weighted by Crippen LogP contribution is -2.31. The molecule has 0 spiro atoms. The summed E-state index contributed by atoms with van der Waals surface area (Å²) in [5, 5.41) is 9.22. The molecule has 0 saturated heterocycles. The number of hydrogen-bond donors (Lipinski definition) is 0. The van der Waals surface area contributed by atoms with Crippen LogP contribution in [0.25, 0.3) is 11.3 Å². The zero-order valence-corrected chi connectivity index (χ0v) is 23.0. The van der Waals surface area contributed by atoms with E-state index in [0.717, 1.165) is 0 Å². The Kier molecular flexibility index (Phi) is 6.81. The first kappa shape index (κ1) is 26.9. The molecule has 4 heterocycles. The molecule has 0 saturated carbocycles. The molecule has 0 bridgehead atoms. The van der Waals surface area contributed by atoms with E-state index >= 15 is 0 Å². The highest BCUT2D eigenvalue weighted by atomic mass is 35.5. The van der Waals surface area contributed by atoms with Crippen LogP contribution in [0.2, 0.25) is 5.02 Å². The van der Waals surface area contributed by atoms with E-state index in [2.05, 4.69) is 9.97 Å². The average Bonchev–Trinajstić information content (AvgIpc) is 3.46. The van der Waals surface area contributed by atoms with Crippen molar-refractivity contribution in [1.29, 1.82) is 5.26 Å². The van der Waals surface area contributed by atoms with Crippen molar-refractivity contribution in [2.75, 3.05) is 19.1 Å². The number of methoxy groups -OCH3 is 2. The number of aryl methyl sites for hydroxylation is 1. The van der Waals surface area contributed by atoms with Gasteiger partial charge in [-0.3, -0.25) is 14.5 Å². The fourth-order valence-corrected chi connectivity index (χ4v) is 5.30. The van der Waals surface area contributed by atoms with E-state index < -0.39 is 17.4 Å². The summed E-state index contributed by atoms with van der Waals surface area (Å²) in [5.74, 6) is -0.846. The highest BCUT2D eigenvalue weighted by Crippen LogP contribution is 2.47. The third-order valence-corrected chi connectivity index (χ3v) is 7.05. The number of benzene rings is 1. The standard InChI is InChI=1S/C28H24ClFN6O4/c1-14(2)35-22(19-12-32-28(40-5)33-25(19)39-4)10-18-24(35)23(15-6-7-16(11-31)21(30)8-15)36(26(18)37)17-9-20(29)27(38)34(3)13-17/h6-10,12-14,23H,1-5H3/t23-/m1/s1. The van der Waals surface area contributed by atoms with Crippen LogP contribution < -0.4 is 19.9 Å². The molecule has 1 aliphatic heterocycles. The Bertz CT molecular complexity index is 1750. The lowest BCUT2D eigenvalue weighted by atomic mass is 10.0. The molecule has 1 amide bonds. The van der Waals surface area contributed by atoms with E-state index in [0.29, 0.717) is 33.8 Å². The predicted octanol–water partition coefficient (Wildman–Crippen LogP) is 4.66. The van der Waals surface area contributed by atoms with Crippen LogP contribution in [-0.2, 0) is 7.05 Å². The smallest absolute Gasteiger partial charge is 0.319 e. The lowest BCUT2D eigenvalue weighted by molar-refractivity contribution is 0.0993. The predicted molar refractivity (Wildman–Crippen MR) is 145 cm³/mol. The number of pyridine rings is 1. The molecule has 10 nitrogen and oxygen atoms in total. The third-order valence-electron chi connectivity index (χ3n) is 6.78. The van der Waals surface area contributed by atoms with Gasteiger partial charge in [0.1, 0.15) is 23.0 Å². The molecule has 0 radical (unpaired) electrons. The number of hydrogen-bond acceptors (Lipinski definition) is 7. The molecule has 1 aliphatic rings. The van der Waals surface area contributed by atoms with E-state index in [4.69, 9.17) is 21.1 Å². The molecular weight excluding hydrogens is 539 g/mol. The molecule has 0 N–H and O–H groups in total. The Labute approximate surface area is 233 Å². The molecule has 3 aromatic heterocycles. The average molecular weight is 563 g/mol. The monoisotopic (exact) mass is 562 g/mol. The number of nitriles is 1. The fraction of sp³-hybridized carbons (Fsp3) is 0.250. The molecular formula is C28H24ClFN6O4. The van der Waals surface area contributed by atoms with Gasteiger partial charge in [0.15, 0.2) is 0 Å². The molecule has 12 heteroatoms. The quantitative estimate of drug-likeness (QED) is 0.336. The highest BCUT2D eigenvalue weighted by molar-refractivity contribution is 6.30. The summed E-state index contributed by atoms with van der Waals surface area (Å²) in [6, 6.07) is 8.33. The van der Waals surface area contributed by atoms with Crippen molar-refractivity contribution in [3.05, 3.63) is 86.3 Å². The second kappa shape index (κ2) is 10.1. The van der Waals surface area contributed by atoms with Crippen molar-refractivity contribution in [3.8, 4) is 29.2 Å². The molecule has 40 heavy (non-hydrogen) atoms. The molecule has 0 fully saturated rings. The van der Waals surface area contributed by atoms with Gasteiger partial charge in [-0.25, -0.2) is 9.37 Å². The molecule has 1 atom stereocenters. The van der Waals surface area contributed by atoms with Crippen molar-refractivity contribution in [2.24, 2.45) is 7.05 Å². The van der Waals surface area contributed by atoms with Crippen molar-refractivity contribution in [2.45, 2.75) is 25.9 Å². The highest BCUT2D eigenvalue weighted by Gasteiger charge is 2.44. The number of carbonyl (C=O) groups excluding carboxylic acids is 1. The number of amides is 1. The van der Waals surface area contributed by atoms with E-state index in [1.807, 2.05) is 24.5 Å². The normalized spacial score (nSPS) is 14.4. The van der Waals surface area contributed by atoms with Crippen molar-refractivity contribution >= 4 is 23.2 Å². The van der Waals surface area contributed by atoms with Crippen molar-refractivity contribution in [3.63, 3.8) is 0 Å². The minimum atomic E-state index is -0.820. The zero-order valence-electron chi connectivity index (χ0n) is 22.3. The van der Waals surface area contributed by atoms with Gasteiger partial charge in [0, 0.05) is 25.5 Å². The van der Waals surface area contributed by atoms with Crippen LogP contribution >= 0.6 is 11.6 Å². The molecule has 0 unspecified atom stereocenters. The van der Waals surface area contributed by atoms with Crippen LogP contribution in [0.5, 0.6) is 11.9 Å². The second-order valence-electron chi connectivity index (χ2n) is 9.46. The number of rotatable bonds is 6. The van der Waals surface area contributed by atoms with Gasteiger partial charge >= 0.3 is 6.01 Å². The summed E-state index contributed by atoms with van der Waals surface area (Å²) >= 11 is 6.22. The number of fused-ring (bicyclic) bond motifs is 1. The van der Waals surface area contributed by atoms with Gasteiger partial charge in [-0.15, -0.1) is 0 Å². The number of halogens is 2. The Morgan fingerprint density at radius 1 is 1.12 bits per heavy atom. The number of aromatic nitrogens is 4. The topological polar surface area (TPSA) is 115 Å². The van der Waals surface area contributed by atoms with Crippen LogP contribution in [0.1, 0.15) is 53.1 Å². The van der Waals surface area contributed by atoms with Crippen LogP contribution in [0.4, 0.5) is 10.1 Å². The largest absolute Gasteiger partial charge is 0.480 e. The molecule has 1 aromatic carbocycles. The van der Waals surface area contributed by atoms with Gasteiger partial charge < -0.3 is 18.6 Å². The van der Waals surface area contributed by atoms with Crippen molar-refractivity contribution < 1.29 is 18.7 Å². The number of carbonyl (C=O) groups is 1. The van der Waals surface area contributed by atoms with E-state index in [1.165, 1.54) is 55.1 Å². The Hall–Kier alpha value is -4.69. The third kappa shape index (κ3) is 4.17. The first-order valence-electron chi connectivity index (χ1n) is 12.2. The van der Waals surface area contributed by atoms with Crippen LogP contribution in [0.3, 0.4) is 0 Å². The van der Waals surface area contributed by atoms with Gasteiger partial charge in [-0.2, -0.15) is 10.2 Å². The fourth-order valence-electron chi connectivity index (χ4n) is 5.06. The molecule has 5 rings (SSSR count). The van der Waals surface area contributed by atoms with Gasteiger partial charge in [0.25, 0.3) is 11.5 Å². The SMILES string of the molecule is COc1ncc(-c2cc3c(n2C(C)C)[C@@H](c2ccc(C#N)c(F)c2)N(c2cc(Cl)c(=O)n(C)c2)C3=O)c(OC)n1. The summed E-state index contributed by atoms with van der Waals surface area (Å²) in [6.45, 7) is 3.90. The summed E-state index contributed by atoms with van der Waals surface area (Å²) < 4.78 is 28.8. The van der Waals surface area contributed by atoms with E-state index in [1.54, 1.807) is 18.3 Å². The summed E-state index contributed by atoms with van der Waals surface area (Å²) in [5.41, 5.74) is 2.33. The maximum atomic E-state index is 14.9.